The number of halogens is 1. The normalized spacial score (nSPS) is 12.3. The van der Waals surface area contributed by atoms with E-state index in [0.29, 0.717) is 25.2 Å². The first kappa shape index (κ1) is 16.3. The van der Waals surface area contributed by atoms with Crippen molar-refractivity contribution >= 4 is 29.6 Å². The Bertz CT molecular complexity index is 622. The van der Waals surface area contributed by atoms with Gasteiger partial charge < -0.3 is 4.74 Å². The number of rotatable bonds is 7. The van der Waals surface area contributed by atoms with E-state index in [1.165, 1.54) is 12.1 Å². The predicted octanol–water partition coefficient (Wildman–Crippen LogP) is 1.82. The van der Waals surface area contributed by atoms with Crippen LogP contribution in [0.15, 0.2) is 29.2 Å². The van der Waals surface area contributed by atoms with E-state index in [1.54, 1.807) is 12.1 Å². The molecule has 0 amide bonds. The third kappa shape index (κ3) is 6.79. The summed E-state index contributed by atoms with van der Waals surface area (Å²) in [6.45, 7) is 0.305. The molecule has 1 rings (SSSR count). The number of sulfone groups is 1. The fraction of sp³-hybridized carbons (Fsp3) is 0.455. The van der Waals surface area contributed by atoms with Gasteiger partial charge in [0, 0.05) is 16.9 Å². The molecule has 0 N–H and O–H groups in total. The molecule has 1 aromatic rings. The Kier molecular flexibility index (Phi) is 5.64. The number of unbranched alkanes of at least 4 members (excludes halogenated alkanes) is 1. The standard InChI is InChI=1S/C11H15ClO5S2/c1-18(13,14)11-6-4-5-10(9-11)17-7-2-3-8-19(12,15)16/h4-6,9H,2-3,7-8H2,1H3. The Balaban J connectivity index is 2.47. The Morgan fingerprint density at radius 3 is 2.42 bits per heavy atom. The monoisotopic (exact) mass is 326 g/mol. The molecule has 0 saturated carbocycles. The fourth-order valence-corrected chi connectivity index (χ4v) is 2.89. The minimum absolute atomic E-state index is 0.0959. The van der Waals surface area contributed by atoms with Crippen LogP contribution in [0, 0.1) is 0 Å². The van der Waals surface area contributed by atoms with Crippen LogP contribution >= 0.6 is 10.7 Å². The average Bonchev–Trinajstić information content (AvgIpc) is 2.26. The fourth-order valence-electron chi connectivity index (χ4n) is 1.36. The third-order valence-corrected chi connectivity index (χ3v) is 4.63. The molecule has 0 bridgehead atoms. The van der Waals surface area contributed by atoms with E-state index in [-0.39, 0.29) is 10.6 Å². The topological polar surface area (TPSA) is 77.5 Å². The Labute approximate surface area is 117 Å². The molecule has 0 aromatic heterocycles. The maximum Gasteiger partial charge on any atom is 0.232 e. The highest BCUT2D eigenvalue weighted by atomic mass is 35.7. The highest BCUT2D eigenvalue weighted by Gasteiger charge is 2.08. The maximum atomic E-state index is 11.3. The number of hydrogen-bond donors (Lipinski definition) is 0. The first-order valence-electron chi connectivity index (χ1n) is 5.54. The van der Waals surface area contributed by atoms with Gasteiger partial charge in [-0.15, -0.1) is 0 Å². The van der Waals surface area contributed by atoms with E-state index in [1.807, 2.05) is 0 Å². The molecule has 0 atom stereocenters. The van der Waals surface area contributed by atoms with Crippen LogP contribution in [0.3, 0.4) is 0 Å². The van der Waals surface area contributed by atoms with E-state index in [4.69, 9.17) is 15.4 Å². The summed E-state index contributed by atoms with van der Waals surface area (Å²) >= 11 is 0. The zero-order valence-corrected chi connectivity index (χ0v) is 12.8. The van der Waals surface area contributed by atoms with Gasteiger partial charge in [0.2, 0.25) is 9.05 Å². The number of benzene rings is 1. The van der Waals surface area contributed by atoms with Crippen LogP contribution in [0.5, 0.6) is 5.75 Å². The summed E-state index contributed by atoms with van der Waals surface area (Å²) in [5, 5.41) is 0. The SMILES string of the molecule is CS(=O)(=O)c1cccc(OCCCCS(=O)(=O)Cl)c1. The third-order valence-electron chi connectivity index (χ3n) is 2.28. The highest BCUT2D eigenvalue weighted by molar-refractivity contribution is 8.13. The van der Waals surface area contributed by atoms with Gasteiger partial charge >= 0.3 is 0 Å². The van der Waals surface area contributed by atoms with Crippen molar-refractivity contribution < 1.29 is 21.6 Å². The molecule has 5 nitrogen and oxygen atoms in total. The van der Waals surface area contributed by atoms with Crippen LogP contribution in [-0.4, -0.2) is 35.5 Å². The van der Waals surface area contributed by atoms with Crippen molar-refractivity contribution in [3.63, 3.8) is 0 Å². The van der Waals surface area contributed by atoms with Crippen molar-refractivity contribution in [2.24, 2.45) is 0 Å². The van der Waals surface area contributed by atoms with E-state index in [2.05, 4.69) is 0 Å². The van der Waals surface area contributed by atoms with Crippen molar-refractivity contribution in [1.82, 2.24) is 0 Å². The Morgan fingerprint density at radius 2 is 1.84 bits per heavy atom. The van der Waals surface area contributed by atoms with Gasteiger partial charge in [-0.25, -0.2) is 16.8 Å². The Hall–Kier alpha value is -0.790. The first-order valence-corrected chi connectivity index (χ1v) is 9.91. The minimum Gasteiger partial charge on any atom is -0.494 e. The minimum atomic E-state index is -3.46. The molecule has 0 spiro atoms. The summed E-state index contributed by atoms with van der Waals surface area (Å²) in [6, 6.07) is 6.16. The molecule has 0 heterocycles. The van der Waals surface area contributed by atoms with Gasteiger partial charge in [0.05, 0.1) is 17.3 Å². The molecular formula is C11H15ClO5S2. The van der Waals surface area contributed by atoms with E-state index >= 15 is 0 Å². The van der Waals surface area contributed by atoms with E-state index < -0.39 is 18.9 Å². The lowest BCUT2D eigenvalue weighted by Gasteiger charge is -2.07. The molecule has 0 aliphatic carbocycles. The zero-order chi connectivity index (χ0) is 14.5. The van der Waals surface area contributed by atoms with Crippen LogP contribution in [-0.2, 0) is 18.9 Å². The van der Waals surface area contributed by atoms with Crippen molar-refractivity contribution in [3.8, 4) is 5.75 Å². The van der Waals surface area contributed by atoms with Gasteiger partial charge in [0.1, 0.15) is 5.75 Å². The summed E-state index contributed by atoms with van der Waals surface area (Å²) in [5.41, 5.74) is 0. The maximum absolute atomic E-state index is 11.3. The van der Waals surface area contributed by atoms with Gasteiger partial charge in [-0.2, -0.15) is 0 Å². The second kappa shape index (κ2) is 6.58. The zero-order valence-electron chi connectivity index (χ0n) is 10.4. The number of ether oxygens (including phenoxy) is 1. The second-order valence-electron chi connectivity index (χ2n) is 4.05. The second-order valence-corrected chi connectivity index (χ2v) is 8.96. The molecule has 0 saturated heterocycles. The van der Waals surface area contributed by atoms with Gasteiger partial charge in [-0.05, 0) is 31.0 Å². The molecule has 0 fully saturated rings. The molecule has 0 aliphatic heterocycles. The van der Waals surface area contributed by atoms with Crippen LogP contribution in [0.25, 0.3) is 0 Å². The van der Waals surface area contributed by atoms with Crippen molar-refractivity contribution in [2.45, 2.75) is 17.7 Å². The average molecular weight is 327 g/mol. The lowest BCUT2D eigenvalue weighted by Crippen LogP contribution is -2.03. The van der Waals surface area contributed by atoms with Gasteiger partial charge in [0.25, 0.3) is 0 Å². The molecule has 1 aromatic carbocycles. The van der Waals surface area contributed by atoms with Crippen molar-refractivity contribution in [1.29, 1.82) is 0 Å². The van der Waals surface area contributed by atoms with Gasteiger partial charge in [0.15, 0.2) is 9.84 Å². The van der Waals surface area contributed by atoms with Crippen LogP contribution in [0.4, 0.5) is 0 Å². The smallest absolute Gasteiger partial charge is 0.232 e. The number of hydrogen-bond acceptors (Lipinski definition) is 5. The van der Waals surface area contributed by atoms with E-state index in [0.717, 1.165) is 6.26 Å². The van der Waals surface area contributed by atoms with Gasteiger partial charge in [-0.1, -0.05) is 6.07 Å². The first-order chi connectivity index (χ1) is 8.68. The van der Waals surface area contributed by atoms with Crippen LogP contribution in [0.1, 0.15) is 12.8 Å². The molecule has 108 valence electrons. The van der Waals surface area contributed by atoms with E-state index in [9.17, 15) is 16.8 Å². The summed E-state index contributed by atoms with van der Waals surface area (Å²) in [6.07, 6.45) is 2.05. The quantitative estimate of drug-likeness (QED) is 0.564. The summed E-state index contributed by atoms with van der Waals surface area (Å²) in [5.74, 6) is 0.345. The molecular weight excluding hydrogens is 312 g/mol. The molecule has 0 aliphatic rings. The predicted molar refractivity (Wildman–Crippen MR) is 73.9 cm³/mol. The molecule has 19 heavy (non-hydrogen) atoms. The summed E-state index contributed by atoms with van der Waals surface area (Å²) < 4.78 is 49.4. The molecule has 8 heteroatoms. The Morgan fingerprint density at radius 1 is 1.16 bits per heavy atom. The largest absolute Gasteiger partial charge is 0.494 e. The molecule has 0 radical (unpaired) electrons. The highest BCUT2D eigenvalue weighted by Crippen LogP contribution is 2.17. The lowest BCUT2D eigenvalue weighted by atomic mass is 10.3. The molecule has 0 unspecified atom stereocenters. The van der Waals surface area contributed by atoms with Crippen molar-refractivity contribution in [2.75, 3.05) is 18.6 Å². The lowest BCUT2D eigenvalue weighted by molar-refractivity contribution is 0.309. The summed E-state index contributed by atoms with van der Waals surface area (Å²) in [7, 11) is -1.65. The van der Waals surface area contributed by atoms with Crippen LogP contribution in [0.2, 0.25) is 0 Å². The summed E-state index contributed by atoms with van der Waals surface area (Å²) in [4.78, 5) is 0.188. The van der Waals surface area contributed by atoms with Gasteiger partial charge in [-0.3, -0.25) is 0 Å². The van der Waals surface area contributed by atoms with Crippen molar-refractivity contribution in [3.05, 3.63) is 24.3 Å². The van der Waals surface area contributed by atoms with Crippen LogP contribution < -0.4 is 4.74 Å².